The van der Waals surface area contributed by atoms with Crippen molar-refractivity contribution in [1.29, 1.82) is 0 Å². The van der Waals surface area contributed by atoms with Crippen LogP contribution in [0.4, 0.5) is 17.1 Å². The van der Waals surface area contributed by atoms with E-state index in [-0.39, 0.29) is 0 Å². The molecular weight excluding hydrogens is 711 g/mol. The fourth-order valence-electron chi connectivity index (χ4n) is 8.88. The summed E-state index contributed by atoms with van der Waals surface area (Å²) in [6, 6.07) is 70.3. The smallest absolute Gasteiger partial charge is 0.227 e. The minimum absolute atomic E-state index is 0.604. The summed E-state index contributed by atoms with van der Waals surface area (Å²) in [5, 5.41) is 6.80. The number of rotatable bonds is 6. The van der Waals surface area contributed by atoms with Gasteiger partial charge in [-0.3, -0.25) is 0 Å². The minimum atomic E-state index is 0.604. The van der Waals surface area contributed by atoms with Crippen LogP contribution in [0.3, 0.4) is 0 Å². The molecule has 5 nitrogen and oxygen atoms in total. The van der Waals surface area contributed by atoms with Crippen molar-refractivity contribution in [3.05, 3.63) is 200 Å². The Morgan fingerprint density at radius 3 is 2.03 bits per heavy atom. The van der Waals surface area contributed by atoms with Crippen LogP contribution in [0.25, 0.3) is 93.9 Å². The van der Waals surface area contributed by atoms with Crippen molar-refractivity contribution in [2.75, 3.05) is 4.90 Å². The number of nitrogens with zero attached hydrogens (tertiary/aromatic N) is 3. The maximum Gasteiger partial charge on any atom is 0.227 e. The van der Waals surface area contributed by atoms with E-state index in [1.807, 2.05) is 48.5 Å². The molecular formula is C53H33N3O2. The third kappa shape index (κ3) is 4.93. The van der Waals surface area contributed by atoms with Crippen LogP contribution in [0.1, 0.15) is 0 Å². The summed E-state index contributed by atoms with van der Waals surface area (Å²) in [6.45, 7) is 0. The Balaban J connectivity index is 1.19. The molecule has 0 saturated heterocycles. The molecule has 0 aliphatic rings. The predicted octanol–water partition coefficient (Wildman–Crippen LogP) is 14.8. The third-order valence-electron chi connectivity index (χ3n) is 11.4. The Morgan fingerprint density at radius 1 is 0.466 bits per heavy atom. The summed E-state index contributed by atoms with van der Waals surface area (Å²) in [5.41, 5.74) is 12.7. The molecule has 58 heavy (non-hydrogen) atoms. The van der Waals surface area contributed by atoms with E-state index in [1.54, 1.807) is 0 Å². The van der Waals surface area contributed by atoms with Gasteiger partial charge < -0.3 is 18.3 Å². The highest BCUT2D eigenvalue weighted by atomic mass is 16.3. The van der Waals surface area contributed by atoms with Crippen molar-refractivity contribution in [3.63, 3.8) is 0 Å². The van der Waals surface area contributed by atoms with Crippen LogP contribution < -0.4 is 4.90 Å². The maximum absolute atomic E-state index is 6.56. The number of aromatic nitrogens is 2. The van der Waals surface area contributed by atoms with Crippen molar-refractivity contribution in [2.45, 2.75) is 0 Å². The van der Waals surface area contributed by atoms with E-state index in [2.05, 4.69) is 161 Å². The van der Waals surface area contributed by atoms with E-state index >= 15 is 0 Å². The highest BCUT2D eigenvalue weighted by molar-refractivity contribution is 6.26. The summed E-state index contributed by atoms with van der Waals surface area (Å²) >= 11 is 0. The average Bonchev–Trinajstić information content (AvgIpc) is 4.00. The van der Waals surface area contributed by atoms with Crippen molar-refractivity contribution in [1.82, 2.24) is 9.55 Å². The molecule has 0 amide bonds. The van der Waals surface area contributed by atoms with Crippen LogP contribution >= 0.6 is 0 Å². The average molecular weight is 744 g/mol. The van der Waals surface area contributed by atoms with E-state index in [4.69, 9.17) is 13.8 Å². The molecule has 0 fully saturated rings. The number of anilines is 3. The first kappa shape index (κ1) is 32.4. The molecule has 0 aliphatic heterocycles. The molecule has 3 heterocycles. The van der Waals surface area contributed by atoms with Crippen LogP contribution in [-0.4, -0.2) is 9.55 Å². The summed E-state index contributed by atoms with van der Waals surface area (Å²) in [7, 11) is 0. The van der Waals surface area contributed by atoms with Gasteiger partial charge in [-0.2, -0.15) is 0 Å². The van der Waals surface area contributed by atoms with E-state index < -0.39 is 0 Å². The molecule has 0 saturated carbocycles. The number of hydrogen-bond donors (Lipinski definition) is 0. The van der Waals surface area contributed by atoms with Crippen molar-refractivity contribution in [2.24, 2.45) is 0 Å². The topological polar surface area (TPSA) is 47.3 Å². The lowest BCUT2D eigenvalue weighted by Gasteiger charge is -2.28. The SMILES string of the molecule is c1ccc(-c2nc3cccc(-c4cccc(N(c5cccc6oc7ccccc7c56)c5cc6ccccc6c6c5c5ccccc5n6-c5ccccc5)c4)c3o2)cc1. The Kier molecular flexibility index (Phi) is 7.16. The lowest BCUT2D eigenvalue weighted by molar-refractivity contribution is 0.621. The monoisotopic (exact) mass is 743 g/mol. The largest absolute Gasteiger partial charge is 0.456 e. The zero-order valence-corrected chi connectivity index (χ0v) is 31.2. The van der Waals surface area contributed by atoms with Crippen molar-refractivity contribution < 1.29 is 8.83 Å². The van der Waals surface area contributed by atoms with Gasteiger partial charge in [0.05, 0.1) is 27.8 Å². The van der Waals surface area contributed by atoms with Crippen molar-refractivity contribution in [3.8, 4) is 28.3 Å². The second-order valence-corrected chi connectivity index (χ2v) is 14.7. The van der Waals surface area contributed by atoms with E-state index in [0.717, 1.165) is 94.3 Å². The lowest BCUT2D eigenvalue weighted by atomic mass is 9.99. The van der Waals surface area contributed by atoms with Crippen molar-refractivity contribution >= 4 is 82.7 Å². The second kappa shape index (κ2) is 12.8. The summed E-state index contributed by atoms with van der Waals surface area (Å²) in [4.78, 5) is 7.34. The Labute approximate surface area is 333 Å². The fraction of sp³-hybridized carbons (Fsp3) is 0. The van der Waals surface area contributed by atoms with E-state index in [9.17, 15) is 0 Å². The molecule has 0 unspecified atom stereocenters. The number of fused-ring (bicyclic) bond motifs is 9. The molecule has 3 aromatic heterocycles. The molecule has 12 aromatic rings. The Bertz CT molecular complexity index is 3520. The van der Waals surface area contributed by atoms with E-state index in [1.165, 1.54) is 10.8 Å². The van der Waals surface area contributed by atoms with Gasteiger partial charge in [-0.15, -0.1) is 0 Å². The third-order valence-corrected chi connectivity index (χ3v) is 11.4. The number of oxazole rings is 1. The standard InChI is InChI=1S/C53H33N3O2/c1-3-16-34(17-4-1)53-54-43-27-14-26-40(52(43)58-53)35-19-13-22-38(32-35)55(45-29-15-31-48-49(45)42-25-10-12-30-47(42)57-48)46-33-36-18-7-8-23-39(36)51-50(46)41-24-9-11-28-44(41)56(51)37-20-5-2-6-21-37/h1-33H. The summed E-state index contributed by atoms with van der Waals surface area (Å²) < 4.78 is 15.5. The normalized spacial score (nSPS) is 11.8. The zero-order valence-electron chi connectivity index (χ0n) is 31.2. The van der Waals surface area contributed by atoms with Crippen LogP contribution in [0, 0.1) is 0 Å². The molecule has 0 aliphatic carbocycles. The highest BCUT2D eigenvalue weighted by Crippen LogP contribution is 2.50. The predicted molar refractivity (Wildman–Crippen MR) is 239 cm³/mol. The summed E-state index contributed by atoms with van der Waals surface area (Å²) in [5.74, 6) is 0.604. The van der Waals surface area contributed by atoms with Gasteiger partial charge in [-0.1, -0.05) is 127 Å². The van der Waals surface area contributed by atoms with Crippen LogP contribution in [-0.2, 0) is 0 Å². The second-order valence-electron chi connectivity index (χ2n) is 14.7. The Hall–Kier alpha value is -7.89. The van der Waals surface area contributed by atoms with Gasteiger partial charge >= 0.3 is 0 Å². The molecule has 0 N–H and O–H groups in total. The van der Waals surface area contributed by atoms with Gasteiger partial charge in [0.1, 0.15) is 16.7 Å². The highest BCUT2D eigenvalue weighted by Gasteiger charge is 2.26. The number of para-hydroxylation sites is 4. The van der Waals surface area contributed by atoms with Crippen LogP contribution in [0.15, 0.2) is 209 Å². The number of furan rings is 1. The summed E-state index contributed by atoms with van der Waals surface area (Å²) in [6.07, 6.45) is 0. The van der Waals surface area contributed by atoms with E-state index in [0.29, 0.717) is 5.89 Å². The Morgan fingerprint density at radius 2 is 1.16 bits per heavy atom. The molecule has 0 radical (unpaired) electrons. The molecule has 12 rings (SSSR count). The van der Waals surface area contributed by atoms with Gasteiger partial charge in [0, 0.05) is 44.0 Å². The van der Waals surface area contributed by atoms with Gasteiger partial charge in [0.25, 0.3) is 0 Å². The molecule has 0 atom stereocenters. The van der Waals surface area contributed by atoms with Gasteiger partial charge in [-0.25, -0.2) is 4.98 Å². The minimum Gasteiger partial charge on any atom is -0.456 e. The molecule has 0 bridgehead atoms. The quantitative estimate of drug-likeness (QED) is 0.170. The van der Waals surface area contributed by atoms with Gasteiger partial charge in [-0.05, 0) is 83.7 Å². The van der Waals surface area contributed by atoms with Crippen LogP contribution in [0.2, 0.25) is 0 Å². The maximum atomic E-state index is 6.56. The fourth-order valence-corrected chi connectivity index (χ4v) is 8.88. The van der Waals surface area contributed by atoms with Gasteiger partial charge in [0.2, 0.25) is 5.89 Å². The molecule has 5 heteroatoms. The van der Waals surface area contributed by atoms with Gasteiger partial charge in [0.15, 0.2) is 5.58 Å². The first-order chi connectivity index (χ1) is 28.8. The number of benzene rings is 9. The molecule has 272 valence electrons. The number of hydrogen-bond acceptors (Lipinski definition) is 4. The molecule has 9 aromatic carbocycles. The first-order valence-corrected chi connectivity index (χ1v) is 19.5. The zero-order chi connectivity index (χ0) is 38.2. The van der Waals surface area contributed by atoms with Crippen LogP contribution in [0.5, 0.6) is 0 Å². The lowest BCUT2D eigenvalue weighted by Crippen LogP contribution is -2.11. The molecule has 0 spiro atoms. The first-order valence-electron chi connectivity index (χ1n) is 19.5.